The Morgan fingerprint density at radius 3 is 2.59 bits per heavy atom. The van der Waals surface area contributed by atoms with Crippen LogP contribution in [0, 0.1) is 5.92 Å². The minimum atomic E-state index is -0.403. The van der Waals surface area contributed by atoms with Crippen molar-refractivity contribution in [2.75, 3.05) is 7.11 Å². The molecule has 0 aliphatic heterocycles. The highest BCUT2D eigenvalue weighted by Gasteiger charge is 2.22. The zero-order chi connectivity index (χ0) is 20.8. The Hall–Kier alpha value is -3.48. The fourth-order valence-corrected chi connectivity index (χ4v) is 3.11. The molecule has 2 heterocycles. The fourth-order valence-electron chi connectivity index (χ4n) is 3.11. The van der Waals surface area contributed by atoms with Crippen LogP contribution < -0.4 is 15.6 Å². The molecule has 3 rings (SSSR count). The molecule has 2 N–H and O–H groups in total. The molecule has 0 saturated carbocycles. The average Bonchev–Trinajstić information content (AvgIpc) is 2.72. The molecule has 0 fully saturated rings. The molecule has 7 heteroatoms. The predicted molar refractivity (Wildman–Crippen MR) is 111 cm³/mol. The lowest BCUT2D eigenvalue weighted by atomic mass is 9.99. The van der Waals surface area contributed by atoms with Gasteiger partial charge in [-0.1, -0.05) is 32.0 Å². The standard InChI is InChI=1S/C22H24N4O3/c1-14(2)21(25-19(27)12-16-6-4-5-7-18(16)29-3)17-13-20(28)26-22(24-17)15-8-10-23-11-9-15/h4-11,13-14,21H,12H2,1-3H3,(H,25,27)(H,24,26,28). The van der Waals surface area contributed by atoms with Gasteiger partial charge in [-0.25, -0.2) is 4.98 Å². The first-order chi connectivity index (χ1) is 14.0. The van der Waals surface area contributed by atoms with Gasteiger partial charge in [0.25, 0.3) is 5.56 Å². The number of carbonyl (C=O) groups is 1. The second-order valence-electron chi connectivity index (χ2n) is 7.03. The number of benzene rings is 1. The Morgan fingerprint density at radius 1 is 1.17 bits per heavy atom. The van der Waals surface area contributed by atoms with Gasteiger partial charge in [0.05, 0.1) is 25.3 Å². The van der Waals surface area contributed by atoms with E-state index in [1.54, 1.807) is 31.6 Å². The predicted octanol–water partition coefficient (Wildman–Crippen LogP) is 2.90. The summed E-state index contributed by atoms with van der Waals surface area (Å²) in [5.74, 6) is 0.981. The van der Waals surface area contributed by atoms with Crippen molar-refractivity contribution in [1.82, 2.24) is 20.3 Å². The highest BCUT2D eigenvalue weighted by atomic mass is 16.5. The van der Waals surface area contributed by atoms with Crippen LogP contribution in [-0.2, 0) is 11.2 Å². The first kappa shape index (κ1) is 20.3. The number of pyridine rings is 1. The molecule has 150 valence electrons. The third-order valence-corrected chi connectivity index (χ3v) is 4.56. The first-order valence-corrected chi connectivity index (χ1v) is 9.41. The highest BCUT2D eigenvalue weighted by Crippen LogP contribution is 2.23. The van der Waals surface area contributed by atoms with Crippen LogP contribution in [0.25, 0.3) is 11.4 Å². The van der Waals surface area contributed by atoms with Crippen LogP contribution in [-0.4, -0.2) is 28.0 Å². The van der Waals surface area contributed by atoms with E-state index in [1.807, 2.05) is 38.1 Å². The van der Waals surface area contributed by atoms with Crippen LogP contribution in [0.15, 0.2) is 59.7 Å². The number of methoxy groups -OCH3 is 1. The maximum absolute atomic E-state index is 12.7. The van der Waals surface area contributed by atoms with Gasteiger partial charge in [0.15, 0.2) is 0 Å². The number of hydrogen-bond donors (Lipinski definition) is 2. The minimum Gasteiger partial charge on any atom is -0.496 e. The van der Waals surface area contributed by atoms with Crippen LogP contribution in [0.1, 0.15) is 31.1 Å². The van der Waals surface area contributed by atoms with Crippen molar-refractivity contribution in [2.24, 2.45) is 5.92 Å². The quantitative estimate of drug-likeness (QED) is 0.644. The summed E-state index contributed by atoms with van der Waals surface area (Å²) in [6, 6.07) is 12.0. The van der Waals surface area contributed by atoms with Crippen LogP contribution in [0.3, 0.4) is 0 Å². The molecule has 29 heavy (non-hydrogen) atoms. The lowest BCUT2D eigenvalue weighted by Crippen LogP contribution is -2.34. The molecule has 1 atom stereocenters. The zero-order valence-corrected chi connectivity index (χ0v) is 16.7. The molecule has 0 aliphatic rings. The monoisotopic (exact) mass is 392 g/mol. The number of para-hydroxylation sites is 1. The maximum atomic E-state index is 12.7. The molecule has 3 aromatic rings. The second-order valence-corrected chi connectivity index (χ2v) is 7.03. The van der Waals surface area contributed by atoms with Gasteiger partial charge >= 0.3 is 0 Å². The Kier molecular flexibility index (Phi) is 6.39. The summed E-state index contributed by atoms with van der Waals surface area (Å²) in [6.07, 6.45) is 3.45. The number of H-pyrrole nitrogens is 1. The molecule has 2 aromatic heterocycles. The van der Waals surface area contributed by atoms with Gasteiger partial charge < -0.3 is 15.0 Å². The van der Waals surface area contributed by atoms with E-state index in [0.717, 1.165) is 11.1 Å². The number of carbonyl (C=O) groups excluding carboxylic acids is 1. The molecule has 0 saturated heterocycles. The molecule has 0 bridgehead atoms. The molecule has 0 aliphatic carbocycles. The van der Waals surface area contributed by atoms with Gasteiger partial charge in [0, 0.05) is 29.6 Å². The molecule has 1 amide bonds. The third-order valence-electron chi connectivity index (χ3n) is 4.56. The van der Waals surface area contributed by atoms with Crippen LogP contribution in [0.5, 0.6) is 5.75 Å². The highest BCUT2D eigenvalue weighted by molar-refractivity contribution is 5.79. The summed E-state index contributed by atoms with van der Waals surface area (Å²) in [5, 5.41) is 3.02. The van der Waals surface area contributed by atoms with Crippen molar-refractivity contribution < 1.29 is 9.53 Å². The van der Waals surface area contributed by atoms with E-state index >= 15 is 0 Å². The number of amides is 1. The van der Waals surface area contributed by atoms with E-state index in [2.05, 4.69) is 20.3 Å². The topological polar surface area (TPSA) is 97.0 Å². The van der Waals surface area contributed by atoms with E-state index in [-0.39, 0.29) is 23.8 Å². The van der Waals surface area contributed by atoms with Crippen molar-refractivity contribution >= 4 is 5.91 Å². The average molecular weight is 392 g/mol. The lowest BCUT2D eigenvalue weighted by molar-refractivity contribution is -0.121. The lowest BCUT2D eigenvalue weighted by Gasteiger charge is -2.22. The molecular formula is C22H24N4O3. The van der Waals surface area contributed by atoms with E-state index in [4.69, 9.17) is 4.74 Å². The van der Waals surface area contributed by atoms with Gasteiger partial charge in [-0.15, -0.1) is 0 Å². The number of hydrogen-bond acceptors (Lipinski definition) is 5. The zero-order valence-electron chi connectivity index (χ0n) is 16.7. The summed E-state index contributed by atoms with van der Waals surface area (Å²) >= 11 is 0. The number of nitrogens with zero attached hydrogens (tertiary/aromatic N) is 2. The second kappa shape index (κ2) is 9.14. The van der Waals surface area contributed by atoms with E-state index in [0.29, 0.717) is 17.3 Å². The Labute approximate surface area is 169 Å². The summed E-state index contributed by atoms with van der Waals surface area (Å²) in [6.45, 7) is 3.95. The van der Waals surface area contributed by atoms with Crippen molar-refractivity contribution in [3.63, 3.8) is 0 Å². The summed E-state index contributed by atoms with van der Waals surface area (Å²) in [7, 11) is 1.58. The molecule has 1 unspecified atom stereocenters. The van der Waals surface area contributed by atoms with Crippen molar-refractivity contribution in [3.8, 4) is 17.1 Å². The summed E-state index contributed by atoms with van der Waals surface area (Å²) < 4.78 is 5.32. The fraction of sp³-hybridized carbons (Fsp3) is 0.273. The summed E-state index contributed by atoms with van der Waals surface area (Å²) in [5.41, 5.74) is 1.79. The minimum absolute atomic E-state index is 0.0382. The number of ether oxygens (including phenoxy) is 1. The first-order valence-electron chi connectivity index (χ1n) is 9.41. The largest absolute Gasteiger partial charge is 0.496 e. The number of nitrogens with one attached hydrogen (secondary N) is 2. The van der Waals surface area contributed by atoms with E-state index in [1.165, 1.54) is 6.07 Å². The summed E-state index contributed by atoms with van der Waals surface area (Å²) in [4.78, 5) is 36.3. The normalized spacial score (nSPS) is 11.9. The van der Waals surface area contributed by atoms with E-state index in [9.17, 15) is 9.59 Å². The number of aromatic amines is 1. The Balaban J connectivity index is 1.86. The molecule has 1 aromatic carbocycles. The van der Waals surface area contributed by atoms with Crippen LogP contribution in [0.2, 0.25) is 0 Å². The molecule has 0 spiro atoms. The SMILES string of the molecule is COc1ccccc1CC(=O)NC(c1cc(=O)[nH]c(-c2ccncc2)n1)C(C)C. The Morgan fingerprint density at radius 2 is 1.90 bits per heavy atom. The van der Waals surface area contributed by atoms with Crippen LogP contribution >= 0.6 is 0 Å². The maximum Gasteiger partial charge on any atom is 0.251 e. The molecular weight excluding hydrogens is 368 g/mol. The van der Waals surface area contributed by atoms with Gasteiger partial charge in [0.1, 0.15) is 11.6 Å². The van der Waals surface area contributed by atoms with Gasteiger partial charge in [0.2, 0.25) is 5.91 Å². The van der Waals surface area contributed by atoms with Gasteiger partial charge in [-0.2, -0.15) is 0 Å². The Bertz CT molecular complexity index is 1030. The van der Waals surface area contributed by atoms with Crippen molar-refractivity contribution in [1.29, 1.82) is 0 Å². The molecule has 0 radical (unpaired) electrons. The third kappa shape index (κ3) is 5.07. The van der Waals surface area contributed by atoms with Gasteiger partial charge in [-0.3, -0.25) is 14.6 Å². The molecule has 7 nitrogen and oxygen atoms in total. The van der Waals surface area contributed by atoms with Crippen LogP contribution in [0.4, 0.5) is 0 Å². The smallest absolute Gasteiger partial charge is 0.251 e. The van der Waals surface area contributed by atoms with E-state index < -0.39 is 6.04 Å². The van der Waals surface area contributed by atoms with Crippen molar-refractivity contribution in [3.05, 3.63) is 76.5 Å². The number of aromatic nitrogens is 3. The van der Waals surface area contributed by atoms with Gasteiger partial charge in [-0.05, 0) is 24.1 Å². The number of rotatable bonds is 7. The van der Waals surface area contributed by atoms with Crippen molar-refractivity contribution in [2.45, 2.75) is 26.3 Å².